The van der Waals surface area contributed by atoms with Gasteiger partial charge in [0.15, 0.2) is 0 Å². The molecule has 0 bridgehead atoms. The molecule has 1 aromatic heterocycles. The van der Waals surface area contributed by atoms with E-state index in [0.29, 0.717) is 12.4 Å². The van der Waals surface area contributed by atoms with Crippen molar-refractivity contribution < 1.29 is 9.53 Å². The molecule has 2 aromatic rings. The lowest BCUT2D eigenvalue weighted by molar-refractivity contribution is -0.126. The molecular weight excluding hydrogens is 373 g/mol. The highest BCUT2D eigenvalue weighted by Crippen LogP contribution is 2.23. The first-order valence-corrected chi connectivity index (χ1v) is 8.42. The van der Waals surface area contributed by atoms with Gasteiger partial charge in [0.25, 0.3) is 0 Å². The summed E-state index contributed by atoms with van der Waals surface area (Å²) < 4.78 is 5.65. The molecule has 1 aliphatic rings. The van der Waals surface area contributed by atoms with E-state index in [1.54, 1.807) is 6.20 Å². The Hall–Kier alpha value is -1.82. The van der Waals surface area contributed by atoms with E-state index in [1.807, 2.05) is 42.5 Å². The Balaban J connectivity index is 0.00000169. The Bertz CT molecular complexity index is 668. The van der Waals surface area contributed by atoms with E-state index in [2.05, 4.69) is 10.3 Å². The van der Waals surface area contributed by atoms with Crippen LogP contribution in [0.5, 0.6) is 11.6 Å². The number of nitrogens with one attached hydrogen (secondary N) is 1. The molecule has 0 saturated heterocycles. The van der Waals surface area contributed by atoms with Crippen molar-refractivity contribution in [2.24, 2.45) is 11.7 Å². The molecule has 3 N–H and O–H groups in total. The fourth-order valence-electron chi connectivity index (χ4n) is 2.98. The zero-order valence-corrected chi connectivity index (χ0v) is 16.1. The molecule has 142 valence electrons. The van der Waals surface area contributed by atoms with E-state index in [4.69, 9.17) is 10.5 Å². The average Bonchev–Trinajstić information content (AvgIpc) is 2.62. The molecule has 1 saturated carbocycles. The number of hydrogen-bond acceptors (Lipinski definition) is 4. The quantitative estimate of drug-likeness (QED) is 0.802. The monoisotopic (exact) mass is 397 g/mol. The highest BCUT2D eigenvalue weighted by atomic mass is 35.5. The van der Waals surface area contributed by atoms with Crippen LogP contribution in [0.4, 0.5) is 0 Å². The van der Waals surface area contributed by atoms with Crippen molar-refractivity contribution in [1.82, 2.24) is 10.3 Å². The lowest BCUT2D eigenvalue weighted by Gasteiger charge is -2.25. The predicted molar refractivity (Wildman–Crippen MR) is 107 cm³/mol. The van der Waals surface area contributed by atoms with Crippen LogP contribution in [0.2, 0.25) is 0 Å². The molecule has 1 amide bonds. The number of nitrogens with zero attached hydrogens (tertiary/aromatic N) is 1. The third kappa shape index (κ3) is 6.48. The van der Waals surface area contributed by atoms with Crippen LogP contribution < -0.4 is 15.8 Å². The first kappa shape index (κ1) is 22.2. The van der Waals surface area contributed by atoms with Crippen LogP contribution in [0.1, 0.15) is 31.2 Å². The molecule has 1 heterocycles. The summed E-state index contributed by atoms with van der Waals surface area (Å²) in [6, 6.07) is 13.4. The molecule has 5 nitrogen and oxygen atoms in total. The maximum Gasteiger partial charge on any atom is 0.223 e. The predicted octanol–water partition coefficient (Wildman–Crippen LogP) is 3.85. The normalized spacial score (nSPS) is 18.8. The fourth-order valence-corrected chi connectivity index (χ4v) is 2.98. The largest absolute Gasteiger partial charge is 0.439 e. The van der Waals surface area contributed by atoms with Gasteiger partial charge in [0.1, 0.15) is 5.75 Å². The molecule has 3 rings (SSSR count). The Kier molecular flexibility index (Phi) is 9.41. The molecule has 1 aliphatic carbocycles. The number of hydrogen-bond donors (Lipinski definition) is 2. The third-order valence-corrected chi connectivity index (χ3v) is 4.32. The summed E-state index contributed by atoms with van der Waals surface area (Å²) in [5, 5.41) is 2.98. The number of para-hydroxylation sites is 1. The summed E-state index contributed by atoms with van der Waals surface area (Å²) in [6.07, 6.45) is 5.50. The van der Waals surface area contributed by atoms with Crippen LogP contribution in [0.25, 0.3) is 0 Å². The minimum atomic E-state index is 0. The van der Waals surface area contributed by atoms with E-state index >= 15 is 0 Å². The van der Waals surface area contributed by atoms with Gasteiger partial charge in [-0.2, -0.15) is 0 Å². The van der Waals surface area contributed by atoms with Crippen molar-refractivity contribution in [3.8, 4) is 11.6 Å². The van der Waals surface area contributed by atoms with E-state index in [0.717, 1.165) is 37.0 Å². The number of amides is 1. The second-order valence-corrected chi connectivity index (χ2v) is 6.26. The number of halogens is 2. The molecule has 7 heteroatoms. The van der Waals surface area contributed by atoms with Gasteiger partial charge in [0.2, 0.25) is 11.8 Å². The fraction of sp³-hybridized carbons (Fsp3) is 0.368. The molecule has 0 radical (unpaired) electrons. The van der Waals surface area contributed by atoms with E-state index in [-0.39, 0.29) is 42.7 Å². The summed E-state index contributed by atoms with van der Waals surface area (Å²) in [4.78, 5) is 16.5. The van der Waals surface area contributed by atoms with Crippen LogP contribution in [0.3, 0.4) is 0 Å². The molecule has 2 unspecified atom stereocenters. The highest BCUT2D eigenvalue weighted by molar-refractivity contribution is 5.85. The van der Waals surface area contributed by atoms with Gasteiger partial charge in [0.05, 0.1) is 0 Å². The third-order valence-electron chi connectivity index (χ3n) is 4.32. The maximum atomic E-state index is 12.2. The Morgan fingerprint density at radius 2 is 1.92 bits per heavy atom. The number of carbonyl (C=O) groups is 1. The second kappa shape index (κ2) is 11.0. The van der Waals surface area contributed by atoms with Crippen molar-refractivity contribution >= 4 is 30.7 Å². The van der Waals surface area contributed by atoms with Crippen molar-refractivity contribution in [1.29, 1.82) is 0 Å². The van der Waals surface area contributed by atoms with Crippen molar-refractivity contribution in [2.75, 3.05) is 0 Å². The topological polar surface area (TPSA) is 77.2 Å². The summed E-state index contributed by atoms with van der Waals surface area (Å²) in [5.41, 5.74) is 6.89. The Labute approximate surface area is 166 Å². The van der Waals surface area contributed by atoms with Gasteiger partial charge < -0.3 is 15.8 Å². The minimum absolute atomic E-state index is 0. The van der Waals surface area contributed by atoms with Gasteiger partial charge in [-0.15, -0.1) is 24.8 Å². The molecule has 0 spiro atoms. The van der Waals surface area contributed by atoms with Gasteiger partial charge in [0, 0.05) is 30.8 Å². The number of ether oxygens (including phenoxy) is 1. The summed E-state index contributed by atoms with van der Waals surface area (Å²) >= 11 is 0. The lowest BCUT2D eigenvalue weighted by Crippen LogP contribution is -2.37. The summed E-state index contributed by atoms with van der Waals surface area (Å²) in [6.45, 7) is 0.475. The van der Waals surface area contributed by atoms with Gasteiger partial charge in [-0.05, 0) is 37.0 Å². The van der Waals surface area contributed by atoms with Crippen molar-refractivity contribution in [2.45, 2.75) is 38.3 Å². The zero-order chi connectivity index (χ0) is 16.8. The van der Waals surface area contributed by atoms with Crippen LogP contribution in [-0.2, 0) is 11.3 Å². The summed E-state index contributed by atoms with van der Waals surface area (Å²) in [5.74, 6) is 1.42. The molecule has 26 heavy (non-hydrogen) atoms. The minimum Gasteiger partial charge on any atom is -0.439 e. The van der Waals surface area contributed by atoms with Gasteiger partial charge in [-0.1, -0.05) is 30.7 Å². The van der Waals surface area contributed by atoms with Crippen LogP contribution >= 0.6 is 24.8 Å². The summed E-state index contributed by atoms with van der Waals surface area (Å²) in [7, 11) is 0. The second-order valence-electron chi connectivity index (χ2n) is 6.26. The number of aromatic nitrogens is 1. The van der Waals surface area contributed by atoms with Crippen LogP contribution in [0, 0.1) is 5.92 Å². The van der Waals surface area contributed by atoms with Crippen molar-refractivity contribution in [3.63, 3.8) is 0 Å². The van der Waals surface area contributed by atoms with Crippen LogP contribution in [-0.4, -0.2) is 16.9 Å². The first-order valence-electron chi connectivity index (χ1n) is 8.42. The standard InChI is InChI=1S/C19H23N3O2.2ClH/c20-16-6-4-5-15(11-16)19(23)22-13-14-9-10-18(21-12-14)24-17-7-2-1-3-8-17;;/h1-3,7-10,12,15-16H,4-6,11,13,20H2,(H,22,23);2*1H. The van der Waals surface area contributed by atoms with E-state index in [9.17, 15) is 4.79 Å². The SMILES string of the molecule is Cl.Cl.NC1CCCC(C(=O)NCc2ccc(Oc3ccccc3)nc2)C1. The maximum absolute atomic E-state index is 12.2. The number of rotatable bonds is 5. The zero-order valence-electron chi connectivity index (χ0n) is 14.5. The molecule has 2 atom stereocenters. The van der Waals surface area contributed by atoms with Gasteiger partial charge in [-0.3, -0.25) is 4.79 Å². The smallest absolute Gasteiger partial charge is 0.223 e. The highest BCUT2D eigenvalue weighted by Gasteiger charge is 2.24. The van der Waals surface area contributed by atoms with Gasteiger partial charge >= 0.3 is 0 Å². The molecule has 0 aliphatic heterocycles. The molecular formula is C19H25Cl2N3O2. The van der Waals surface area contributed by atoms with Crippen LogP contribution in [0.15, 0.2) is 48.7 Å². The number of pyridine rings is 1. The molecule has 1 fully saturated rings. The first-order chi connectivity index (χ1) is 11.7. The van der Waals surface area contributed by atoms with Crippen molar-refractivity contribution in [3.05, 3.63) is 54.2 Å². The van der Waals surface area contributed by atoms with E-state index < -0.39 is 0 Å². The molecule has 1 aromatic carbocycles. The number of carbonyl (C=O) groups excluding carboxylic acids is 1. The number of benzene rings is 1. The lowest BCUT2D eigenvalue weighted by atomic mass is 9.85. The van der Waals surface area contributed by atoms with E-state index in [1.165, 1.54) is 0 Å². The average molecular weight is 398 g/mol. The Morgan fingerprint density at radius 1 is 1.15 bits per heavy atom. The number of nitrogens with two attached hydrogens (primary N) is 1. The Morgan fingerprint density at radius 3 is 2.58 bits per heavy atom. The van der Waals surface area contributed by atoms with Gasteiger partial charge in [-0.25, -0.2) is 4.98 Å².